The summed E-state index contributed by atoms with van der Waals surface area (Å²) in [7, 11) is 0. The number of thiophene rings is 1. The molecule has 0 aliphatic carbocycles. The van der Waals surface area contributed by atoms with Crippen LogP contribution in [0.3, 0.4) is 0 Å². The molecule has 2 aromatic heterocycles. The van der Waals surface area contributed by atoms with E-state index in [1.807, 2.05) is 17.5 Å². The summed E-state index contributed by atoms with van der Waals surface area (Å²) in [5.74, 6) is -0.550. The van der Waals surface area contributed by atoms with Gasteiger partial charge >= 0.3 is 0 Å². The molecule has 0 atom stereocenters. The Morgan fingerprint density at radius 2 is 2.04 bits per heavy atom. The maximum absolute atomic E-state index is 12.2. The Labute approximate surface area is 147 Å². The Bertz CT molecular complexity index is 891. The zero-order valence-corrected chi connectivity index (χ0v) is 14.6. The highest BCUT2D eigenvalue weighted by Crippen LogP contribution is 2.33. The number of carbonyl (C=O) groups is 1. The van der Waals surface area contributed by atoms with Gasteiger partial charge in [-0.15, -0.1) is 22.7 Å². The van der Waals surface area contributed by atoms with Gasteiger partial charge in [0.05, 0.1) is 19.3 Å². The highest BCUT2D eigenvalue weighted by Gasteiger charge is 2.20. The summed E-state index contributed by atoms with van der Waals surface area (Å²) in [6.45, 7) is 0. The fourth-order valence-electron chi connectivity index (χ4n) is 1.89. The first-order valence-corrected chi connectivity index (χ1v) is 8.79. The molecular weight excluding hydrogens is 402 g/mol. The summed E-state index contributed by atoms with van der Waals surface area (Å²) in [6.07, 6.45) is 0. The van der Waals surface area contributed by atoms with Crippen LogP contribution in [0.5, 0.6) is 0 Å². The van der Waals surface area contributed by atoms with E-state index < -0.39 is 10.8 Å². The molecule has 3 aromatic rings. The molecule has 0 bridgehead atoms. The number of anilines is 1. The number of halogens is 1. The number of thiazole rings is 1. The molecule has 0 spiro atoms. The van der Waals surface area contributed by atoms with Gasteiger partial charge in [0, 0.05) is 11.4 Å². The number of aromatic nitrogens is 1. The first-order chi connectivity index (χ1) is 11.0. The molecule has 9 heteroatoms. The Balaban J connectivity index is 1.82. The number of rotatable bonds is 4. The normalized spacial score (nSPS) is 10.5. The van der Waals surface area contributed by atoms with E-state index in [1.165, 1.54) is 40.9 Å². The number of hydrogen-bond donors (Lipinski definition) is 1. The minimum atomic E-state index is -0.578. The van der Waals surface area contributed by atoms with Crippen LogP contribution in [0.15, 0.2) is 45.6 Å². The third-order valence-corrected chi connectivity index (χ3v) is 5.30. The number of nitro groups is 1. The second kappa shape index (κ2) is 6.57. The highest BCUT2D eigenvalue weighted by molar-refractivity contribution is 9.11. The van der Waals surface area contributed by atoms with Crippen molar-refractivity contribution in [3.05, 3.63) is 61.2 Å². The van der Waals surface area contributed by atoms with Crippen molar-refractivity contribution in [1.82, 2.24) is 4.98 Å². The lowest BCUT2D eigenvalue weighted by Gasteiger charge is -2.02. The molecule has 2 heterocycles. The second-order valence-corrected chi connectivity index (χ2v) is 7.69. The fraction of sp³-hybridized carbons (Fsp3) is 0. The van der Waals surface area contributed by atoms with Crippen LogP contribution in [-0.4, -0.2) is 15.8 Å². The summed E-state index contributed by atoms with van der Waals surface area (Å²) in [6, 6.07) is 9.66. The molecule has 0 radical (unpaired) electrons. The summed E-state index contributed by atoms with van der Waals surface area (Å²) in [5.41, 5.74) is 0.528. The second-order valence-electron chi connectivity index (χ2n) is 4.37. The van der Waals surface area contributed by atoms with E-state index in [0.717, 1.165) is 14.4 Å². The molecule has 6 nitrogen and oxygen atoms in total. The predicted molar refractivity (Wildman–Crippen MR) is 94.2 cm³/mol. The number of amides is 1. The third-order valence-electron chi connectivity index (χ3n) is 2.90. The van der Waals surface area contributed by atoms with E-state index in [-0.39, 0.29) is 11.3 Å². The molecule has 1 aromatic carbocycles. The molecule has 0 unspecified atom stereocenters. The van der Waals surface area contributed by atoms with Crippen LogP contribution in [-0.2, 0) is 0 Å². The molecule has 0 saturated carbocycles. The summed E-state index contributed by atoms with van der Waals surface area (Å²) < 4.78 is 0.992. The van der Waals surface area contributed by atoms with Crippen molar-refractivity contribution in [2.45, 2.75) is 0 Å². The minimum Gasteiger partial charge on any atom is -0.298 e. The summed E-state index contributed by atoms with van der Waals surface area (Å²) >= 11 is 6.19. The van der Waals surface area contributed by atoms with Crippen LogP contribution in [0, 0.1) is 10.1 Å². The van der Waals surface area contributed by atoms with Gasteiger partial charge in [-0.05, 0) is 34.1 Å². The number of hydrogen-bond acceptors (Lipinski definition) is 6. The van der Waals surface area contributed by atoms with Gasteiger partial charge in [0.15, 0.2) is 5.13 Å². The lowest BCUT2D eigenvalue weighted by Crippen LogP contribution is -2.13. The number of nitro benzene ring substituents is 1. The molecule has 0 saturated heterocycles. The van der Waals surface area contributed by atoms with Crippen molar-refractivity contribution in [1.29, 1.82) is 0 Å². The number of benzene rings is 1. The fourth-order valence-corrected chi connectivity index (χ4v) is 4.01. The SMILES string of the molecule is O=C(Nc1nc(-c2ccc(Br)s2)cs1)c1ccccc1[N+](=O)[O-]. The maximum atomic E-state index is 12.2. The van der Waals surface area contributed by atoms with Gasteiger partial charge in [0.2, 0.25) is 0 Å². The van der Waals surface area contributed by atoms with Crippen LogP contribution in [0.25, 0.3) is 10.6 Å². The quantitative estimate of drug-likeness (QED) is 0.495. The Kier molecular flexibility index (Phi) is 4.51. The van der Waals surface area contributed by atoms with Crippen molar-refractivity contribution in [2.75, 3.05) is 5.32 Å². The average molecular weight is 410 g/mol. The first kappa shape index (κ1) is 15.8. The van der Waals surface area contributed by atoms with Crippen molar-refractivity contribution >= 4 is 55.3 Å². The van der Waals surface area contributed by atoms with Gasteiger partial charge in [-0.2, -0.15) is 0 Å². The van der Waals surface area contributed by atoms with E-state index in [0.29, 0.717) is 5.13 Å². The van der Waals surface area contributed by atoms with Crippen molar-refractivity contribution < 1.29 is 9.72 Å². The van der Waals surface area contributed by atoms with Gasteiger partial charge < -0.3 is 0 Å². The Hall–Kier alpha value is -2.10. The van der Waals surface area contributed by atoms with Crippen molar-refractivity contribution in [3.63, 3.8) is 0 Å². The van der Waals surface area contributed by atoms with Crippen LogP contribution in [0.4, 0.5) is 10.8 Å². The van der Waals surface area contributed by atoms with Gasteiger partial charge in [-0.3, -0.25) is 20.2 Å². The molecule has 0 aliphatic heterocycles. The van der Waals surface area contributed by atoms with Crippen LogP contribution < -0.4 is 5.32 Å². The van der Waals surface area contributed by atoms with Crippen LogP contribution >= 0.6 is 38.6 Å². The van der Waals surface area contributed by atoms with E-state index in [1.54, 1.807) is 6.07 Å². The lowest BCUT2D eigenvalue weighted by atomic mass is 10.1. The Morgan fingerprint density at radius 1 is 1.26 bits per heavy atom. The number of nitrogens with one attached hydrogen (secondary N) is 1. The predicted octanol–water partition coefficient (Wildman–Crippen LogP) is 4.79. The van der Waals surface area contributed by atoms with Gasteiger partial charge in [-0.25, -0.2) is 4.98 Å². The molecular formula is C14H8BrN3O3S2. The molecule has 3 rings (SSSR count). The van der Waals surface area contributed by atoms with Crippen LogP contribution in [0.2, 0.25) is 0 Å². The van der Waals surface area contributed by atoms with Crippen molar-refractivity contribution in [3.8, 4) is 10.6 Å². The standard InChI is InChI=1S/C14H8BrN3O3S2/c15-12-6-5-11(23-12)9-7-22-14(16-9)17-13(19)8-3-1-2-4-10(8)18(20)21/h1-7H,(H,16,17,19). The molecule has 1 amide bonds. The molecule has 1 N–H and O–H groups in total. The zero-order chi connectivity index (χ0) is 16.4. The monoisotopic (exact) mass is 409 g/mol. The van der Waals surface area contributed by atoms with E-state index in [4.69, 9.17) is 0 Å². The zero-order valence-electron chi connectivity index (χ0n) is 11.4. The minimum absolute atomic E-state index is 0.00752. The summed E-state index contributed by atoms with van der Waals surface area (Å²) in [5, 5.41) is 15.8. The smallest absolute Gasteiger partial charge is 0.282 e. The van der Waals surface area contributed by atoms with E-state index >= 15 is 0 Å². The number of nitrogens with zero attached hydrogens (tertiary/aromatic N) is 2. The first-order valence-electron chi connectivity index (χ1n) is 6.30. The summed E-state index contributed by atoms with van der Waals surface area (Å²) in [4.78, 5) is 27.9. The lowest BCUT2D eigenvalue weighted by molar-refractivity contribution is -0.385. The van der Waals surface area contributed by atoms with Gasteiger partial charge in [-0.1, -0.05) is 12.1 Å². The number of carbonyl (C=O) groups excluding carboxylic acids is 1. The molecule has 116 valence electrons. The maximum Gasteiger partial charge on any atom is 0.282 e. The van der Waals surface area contributed by atoms with Gasteiger partial charge in [0.25, 0.3) is 11.6 Å². The Morgan fingerprint density at radius 3 is 2.74 bits per heavy atom. The molecule has 0 aliphatic rings. The number of para-hydroxylation sites is 1. The third kappa shape index (κ3) is 3.46. The highest BCUT2D eigenvalue weighted by atomic mass is 79.9. The molecule has 23 heavy (non-hydrogen) atoms. The van der Waals surface area contributed by atoms with Crippen molar-refractivity contribution in [2.24, 2.45) is 0 Å². The topological polar surface area (TPSA) is 85.1 Å². The average Bonchev–Trinajstić information content (AvgIpc) is 3.16. The van der Waals surface area contributed by atoms with E-state index in [2.05, 4.69) is 26.2 Å². The van der Waals surface area contributed by atoms with E-state index in [9.17, 15) is 14.9 Å². The largest absolute Gasteiger partial charge is 0.298 e. The molecule has 0 fully saturated rings. The van der Waals surface area contributed by atoms with Gasteiger partial charge in [0.1, 0.15) is 5.56 Å². The van der Waals surface area contributed by atoms with Crippen LogP contribution in [0.1, 0.15) is 10.4 Å².